The van der Waals surface area contributed by atoms with E-state index in [2.05, 4.69) is 28.2 Å². The number of hydrogen-bond donors (Lipinski definition) is 1. The van der Waals surface area contributed by atoms with Gasteiger partial charge in [-0.05, 0) is 63.7 Å². The lowest BCUT2D eigenvalue weighted by Gasteiger charge is -2.36. The Balaban J connectivity index is 1.63. The summed E-state index contributed by atoms with van der Waals surface area (Å²) in [7, 11) is 0. The van der Waals surface area contributed by atoms with Crippen LogP contribution in [0.2, 0.25) is 0 Å². The quantitative estimate of drug-likeness (QED) is 0.720. The maximum absolute atomic E-state index is 12.8. The second-order valence-corrected chi connectivity index (χ2v) is 8.13. The Morgan fingerprint density at radius 2 is 2.17 bits per heavy atom. The first-order valence-corrected chi connectivity index (χ1v) is 10.3. The highest BCUT2D eigenvalue weighted by molar-refractivity contribution is 7.13. The van der Waals surface area contributed by atoms with Crippen LogP contribution in [0.5, 0.6) is 0 Å². The third-order valence-corrected chi connectivity index (χ3v) is 6.08. The Labute approximate surface area is 149 Å². The molecule has 1 aromatic rings. The predicted molar refractivity (Wildman–Crippen MR) is 100 cm³/mol. The number of amides is 2. The summed E-state index contributed by atoms with van der Waals surface area (Å²) in [4.78, 5) is 19.1. The zero-order valence-corrected chi connectivity index (χ0v) is 15.5. The van der Waals surface area contributed by atoms with Crippen LogP contribution in [0.3, 0.4) is 0 Å². The fourth-order valence-electron chi connectivity index (χ4n) is 3.85. The Morgan fingerprint density at radius 3 is 2.83 bits per heavy atom. The summed E-state index contributed by atoms with van der Waals surface area (Å²) in [6, 6.07) is 0.409. The molecule has 1 aromatic heterocycles. The van der Waals surface area contributed by atoms with Crippen LogP contribution in [0, 0.1) is 5.92 Å². The summed E-state index contributed by atoms with van der Waals surface area (Å²) in [5.41, 5.74) is 1.54. The van der Waals surface area contributed by atoms with E-state index in [1.165, 1.54) is 55.4 Å². The predicted octanol–water partition coefficient (Wildman–Crippen LogP) is 5.45. The number of carbonyl (C=O) groups excluding carboxylic acids is 1. The molecule has 0 aliphatic heterocycles. The number of aromatic nitrogens is 1. The van der Waals surface area contributed by atoms with Crippen molar-refractivity contribution in [2.75, 3.05) is 11.9 Å². The van der Waals surface area contributed by atoms with Crippen LogP contribution in [-0.2, 0) is 0 Å². The lowest BCUT2D eigenvalue weighted by atomic mass is 9.86. The minimum absolute atomic E-state index is 0.0286. The van der Waals surface area contributed by atoms with Crippen LogP contribution in [-0.4, -0.2) is 28.5 Å². The van der Waals surface area contributed by atoms with E-state index >= 15 is 0 Å². The zero-order valence-electron chi connectivity index (χ0n) is 14.7. The fourth-order valence-corrected chi connectivity index (χ4v) is 4.37. The van der Waals surface area contributed by atoms with E-state index in [0.717, 1.165) is 31.7 Å². The number of carbonyl (C=O) groups is 1. The first-order valence-electron chi connectivity index (χ1n) is 9.37. The average Bonchev–Trinajstić information content (AvgIpc) is 3.10. The number of anilines is 1. The van der Waals surface area contributed by atoms with Crippen LogP contribution < -0.4 is 5.32 Å². The van der Waals surface area contributed by atoms with Gasteiger partial charge in [0.05, 0.1) is 0 Å². The molecule has 0 saturated heterocycles. The molecule has 0 radical (unpaired) electrons. The van der Waals surface area contributed by atoms with Crippen molar-refractivity contribution in [3.63, 3.8) is 0 Å². The van der Waals surface area contributed by atoms with Gasteiger partial charge in [-0.3, -0.25) is 5.32 Å². The van der Waals surface area contributed by atoms with Crippen molar-refractivity contribution in [3.05, 3.63) is 23.2 Å². The smallest absolute Gasteiger partial charge is 0.321 e. The molecule has 3 rings (SSSR count). The van der Waals surface area contributed by atoms with E-state index < -0.39 is 0 Å². The van der Waals surface area contributed by atoms with E-state index in [1.807, 2.05) is 5.38 Å². The summed E-state index contributed by atoms with van der Waals surface area (Å²) in [6.07, 6.45) is 14.9. The van der Waals surface area contributed by atoms with E-state index in [-0.39, 0.29) is 6.03 Å². The lowest BCUT2D eigenvalue weighted by molar-refractivity contribution is 0.156. The molecule has 2 amide bonds. The molecule has 1 saturated carbocycles. The Hall–Kier alpha value is -1.36. The molecule has 132 valence electrons. The van der Waals surface area contributed by atoms with Crippen LogP contribution in [0.4, 0.5) is 9.93 Å². The number of thiazole rings is 1. The van der Waals surface area contributed by atoms with Gasteiger partial charge < -0.3 is 4.90 Å². The van der Waals surface area contributed by atoms with Crippen LogP contribution in [0.15, 0.2) is 23.2 Å². The second-order valence-electron chi connectivity index (χ2n) is 7.23. The minimum atomic E-state index is 0.0286. The molecule has 0 aromatic carbocycles. The maximum Gasteiger partial charge on any atom is 0.323 e. The van der Waals surface area contributed by atoms with Gasteiger partial charge in [0, 0.05) is 24.2 Å². The van der Waals surface area contributed by atoms with Gasteiger partial charge in [-0.15, -0.1) is 11.3 Å². The third-order valence-electron chi connectivity index (χ3n) is 5.39. The number of urea groups is 1. The number of hydrogen-bond acceptors (Lipinski definition) is 3. The summed E-state index contributed by atoms with van der Waals surface area (Å²) in [6.45, 7) is 3.16. The molecule has 1 fully saturated rings. The van der Waals surface area contributed by atoms with Gasteiger partial charge in [0.1, 0.15) is 0 Å². The van der Waals surface area contributed by atoms with Crippen LogP contribution >= 0.6 is 11.3 Å². The largest absolute Gasteiger partial charge is 0.323 e. The van der Waals surface area contributed by atoms with Gasteiger partial charge in [-0.2, -0.15) is 0 Å². The normalized spacial score (nSPS) is 24.3. The number of rotatable bonds is 5. The Morgan fingerprint density at radius 1 is 1.33 bits per heavy atom. The first-order chi connectivity index (χ1) is 11.7. The highest BCUT2D eigenvalue weighted by Crippen LogP contribution is 2.29. The van der Waals surface area contributed by atoms with Crippen molar-refractivity contribution < 1.29 is 4.79 Å². The lowest BCUT2D eigenvalue weighted by Crippen LogP contribution is -2.45. The van der Waals surface area contributed by atoms with E-state index in [9.17, 15) is 4.79 Å². The monoisotopic (exact) mass is 347 g/mol. The minimum Gasteiger partial charge on any atom is -0.321 e. The number of nitrogens with zero attached hydrogens (tertiary/aromatic N) is 2. The van der Waals surface area contributed by atoms with Crippen molar-refractivity contribution in [2.24, 2.45) is 5.92 Å². The third kappa shape index (κ3) is 4.82. The van der Waals surface area contributed by atoms with E-state index in [1.54, 1.807) is 6.20 Å². The van der Waals surface area contributed by atoms with Crippen molar-refractivity contribution >= 4 is 22.5 Å². The van der Waals surface area contributed by atoms with Crippen molar-refractivity contribution in [2.45, 2.75) is 70.8 Å². The van der Waals surface area contributed by atoms with Gasteiger partial charge in [-0.25, -0.2) is 9.78 Å². The Bertz CT molecular complexity index is 547. The molecule has 2 aliphatic rings. The van der Waals surface area contributed by atoms with Gasteiger partial charge in [0.15, 0.2) is 5.13 Å². The number of allylic oxidation sites excluding steroid dienone is 1. The second kappa shape index (κ2) is 8.65. The topological polar surface area (TPSA) is 45.2 Å². The molecule has 0 unspecified atom stereocenters. The number of nitrogens with one attached hydrogen (secondary N) is 1. The Kier molecular flexibility index (Phi) is 6.30. The molecule has 2 aliphatic carbocycles. The van der Waals surface area contributed by atoms with Crippen molar-refractivity contribution in [3.8, 4) is 0 Å². The van der Waals surface area contributed by atoms with Gasteiger partial charge in [0.25, 0.3) is 0 Å². The average molecular weight is 348 g/mol. The summed E-state index contributed by atoms with van der Waals surface area (Å²) < 4.78 is 0. The standard InChI is InChI=1S/C19H29N3OS/c1-15-7-9-17(10-8-15)22(13-11-16-5-3-2-4-6-16)19(23)21-18-20-12-14-24-18/h5,12,14-15,17H,2-4,6-11,13H2,1H3,(H,20,21,23). The molecular weight excluding hydrogens is 318 g/mol. The van der Waals surface area contributed by atoms with Crippen LogP contribution in [0.1, 0.15) is 64.7 Å². The van der Waals surface area contributed by atoms with Gasteiger partial charge in [0.2, 0.25) is 0 Å². The van der Waals surface area contributed by atoms with E-state index in [0.29, 0.717) is 11.2 Å². The molecule has 4 nitrogen and oxygen atoms in total. The molecule has 24 heavy (non-hydrogen) atoms. The molecule has 1 N–H and O–H groups in total. The highest BCUT2D eigenvalue weighted by atomic mass is 32.1. The molecule has 1 heterocycles. The van der Waals surface area contributed by atoms with E-state index in [4.69, 9.17) is 0 Å². The molecule has 0 bridgehead atoms. The van der Waals surface area contributed by atoms with Crippen molar-refractivity contribution in [1.29, 1.82) is 0 Å². The first kappa shape index (κ1) is 17.5. The molecule has 5 heteroatoms. The SMILES string of the molecule is CC1CCC(N(CCC2=CCCCC2)C(=O)Nc2nccs2)CC1. The molecular formula is C19H29N3OS. The van der Waals surface area contributed by atoms with Crippen LogP contribution in [0.25, 0.3) is 0 Å². The zero-order chi connectivity index (χ0) is 16.8. The fraction of sp³-hybridized carbons (Fsp3) is 0.684. The summed E-state index contributed by atoms with van der Waals surface area (Å²) in [5.74, 6) is 0.797. The summed E-state index contributed by atoms with van der Waals surface area (Å²) >= 11 is 1.48. The van der Waals surface area contributed by atoms with Gasteiger partial charge >= 0.3 is 6.03 Å². The highest BCUT2D eigenvalue weighted by Gasteiger charge is 2.28. The maximum atomic E-state index is 12.8. The molecule has 0 spiro atoms. The molecule has 0 atom stereocenters. The van der Waals surface area contributed by atoms with Gasteiger partial charge in [-0.1, -0.05) is 18.6 Å². The van der Waals surface area contributed by atoms with Crippen molar-refractivity contribution in [1.82, 2.24) is 9.88 Å². The summed E-state index contributed by atoms with van der Waals surface area (Å²) in [5, 5.41) is 5.59.